The molecule has 0 bridgehead atoms. The fourth-order valence-electron chi connectivity index (χ4n) is 1.89. The maximum absolute atomic E-state index is 13.0. The Balaban J connectivity index is 2.06. The van der Waals surface area contributed by atoms with Crippen LogP contribution in [0.2, 0.25) is 10.0 Å². The fraction of sp³-hybridized carbons (Fsp3) is 0.125. The SMILES string of the molecule is C[C@@H](OC(=O)c1ccc([N+](=O)[O-])cc1Cl)C(=O)Nc1ccc(F)cc1Cl. The second-order valence-electron chi connectivity index (χ2n) is 5.08. The number of carbonyl (C=O) groups excluding carboxylic acids is 2. The lowest BCUT2D eigenvalue weighted by Gasteiger charge is -2.14. The van der Waals surface area contributed by atoms with Crippen molar-refractivity contribution in [2.75, 3.05) is 5.32 Å². The quantitative estimate of drug-likeness (QED) is 0.460. The van der Waals surface area contributed by atoms with Crippen LogP contribution in [0.4, 0.5) is 15.8 Å². The van der Waals surface area contributed by atoms with E-state index in [-0.39, 0.29) is 27.0 Å². The summed E-state index contributed by atoms with van der Waals surface area (Å²) in [6.07, 6.45) is -1.23. The van der Waals surface area contributed by atoms with E-state index in [1.54, 1.807) is 0 Å². The Bertz CT molecular complexity index is 891. The molecule has 26 heavy (non-hydrogen) atoms. The third-order valence-corrected chi connectivity index (χ3v) is 3.85. The Morgan fingerprint density at radius 1 is 1.19 bits per heavy atom. The van der Waals surface area contributed by atoms with Crippen LogP contribution in [-0.4, -0.2) is 22.9 Å². The summed E-state index contributed by atoms with van der Waals surface area (Å²) >= 11 is 11.6. The molecule has 2 rings (SSSR count). The van der Waals surface area contributed by atoms with E-state index >= 15 is 0 Å². The van der Waals surface area contributed by atoms with Crippen molar-refractivity contribution < 1.29 is 23.6 Å². The number of non-ortho nitro benzene ring substituents is 1. The number of amides is 1. The van der Waals surface area contributed by atoms with E-state index in [2.05, 4.69) is 5.32 Å². The molecular weight excluding hydrogens is 390 g/mol. The molecule has 0 aliphatic carbocycles. The molecule has 0 unspecified atom stereocenters. The van der Waals surface area contributed by atoms with Crippen LogP contribution in [0.3, 0.4) is 0 Å². The topological polar surface area (TPSA) is 98.5 Å². The van der Waals surface area contributed by atoms with Crippen molar-refractivity contribution in [3.8, 4) is 0 Å². The molecule has 2 aromatic rings. The second kappa shape index (κ2) is 8.11. The Kier molecular flexibility index (Phi) is 6.12. The van der Waals surface area contributed by atoms with E-state index in [4.69, 9.17) is 27.9 Å². The standard InChI is InChI=1S/C16H11Cl2FN2O5/c1-8(15(22)20-14-5-2-9(19)6-13(14)18)26-16(23)11-4-3-10(21(24)25)7-12(11)17/h2-8H,1H3,(H,20,22)/t8-/m1/s1. The van der Waals surface area contributed by atoms with Crippen LogP contribution >= 0.6 is 23.2 Å². The summed E-state index contributed by atoms with van der Waals surface area (Å²) in [4.78, 5) is 34.2. The summed E-state index contributed by atoms with van der Waals surface area (Å²) in [7, 11) is 0. The summed E-state index contributed by atoms with van der Waals surface area (Å²) in [5.74, 6) is -2.21. The van der Waals surface area contributed by atoms with Gasteiger partial charge in [0.15, 0.2) is 6.10 Å². The fourth-order valence-corrected chi connectivity index (χ4v) is 2.35. The number of ether oxygens (including phenoxy) is 1. The Morgan fingerprint density at radius 2 is 1.88 bits per heavy atom. The average Bonchev–Trinajstić information content (AvgIpc) is 2.56. The highest BCUT2D eigenvalue weighted by atomic mass is 35.5. The van der Waals surface area contributed by atoms with Gasteiger partial charge in [-0.25, -0.2) is 9.18 Å². The third-order valence-electron chi connectivity index (χ3n) is 3.23. The smallest absolute Gasteiger partial charge is 0.340 e. The minimum absolute atomic E-state index is 0.0183. The number of nitrogens with zero attached hydrogens (tertiary/aromatic N) is 1. The number of rotatable bonds is 5. The van der Waals surface area contributed by atoms with Gasteiger partial charge in [-0.1, -0.05) is 23.2 Å². The Hall–Kier alpha value is -2.71. The van der Waals surface area contributed by atoms with Gasteiger partial charge in [-0.2, -0.15) is 0 Å². The van der Waals surface area contributed by atoms with E-state index in [1.165, 1.54) is 13.0 Å². The molecule has 1 N–H and O–H groups in total. The molecule has 1 amide bonds. The molecule has 0 saturated carbocycles. The zero-order valence-corrected chi connectivity index (χ0v) is 14.7. The molecule has 1 atom stereocenters. The molecule has 2 aromatic carbocycles. The molecule has 0 fully saturated rings. The van der Waals surface area contributed by atoms with Crippen LogP contribution in [0.15, 0.2) is 36.4 Å². The van der Waals surface area contributed by atoms with Crippen molar-refractivity contribution in [1.82, 2.24) is 0 Å². The number of carbonyl (C=O) groups is 2. The monoisotopic (exact) mass is 400 g/mol. The minimum atomic E-state index is -1.23. The Labute approximate surface area is 156 Å². The molecule has 136 valence electrons. The van der Waals surface area contributed by atoms with Crippen molar-refractivity contribution in [2.24, 2.45) is 0 Å². The second-order valence-corrected chi connectivity index (χ2v) is 5.90. The van der Waals surface area contributed by atoms with E-state index in [0.29, 0.717) is 0 Å². The van der Waals surface area contributed by atoms with E-state index in [9.17, 15) is 24.1 Å². The van der Waals surface area contributed by atoms with Crippen LogP contribution in [0.25, 0.3) is 0 Å². The molecular formula is C16H11Cl2FN2O5. The summed E-state index contributed by atoms with van der Waals surface area (Å²) in [6.45, 7) is 1.31. The molecule has 7 nitrogen and oxygen atoms in total. The van der Waals surface area contributed by atoms with Crippen LogP contribution < -0.4 is 5.32 Å². The highest BCUT2D eigenvalue weighted by Gasteiger charge is 2.22. The number of hydrogen-bond acceptors (Lipinski definition) is 5. The van der Waals surface area contributed by atoms with Crippen molar-refractivity contribution in [2.45, 2.75) is 13.0 Å². The molecule has 0 aliphatic rings. The zero-order chi connectivity index (χ0) is 19.4. The van der Waals surface area contributed by atoms with Gasteiger partial charge in [-0.3, -0.25) is 14.9 Å². The summed E-state index contributed by atoms with van der Waals surface area (Å²) < 4.78 is 18.0. The summed E-state index contributed by atoms with van der Waals surface area (Å²) in [5, 5.41) is 12.9. The van der Waals surface area contributed by atoms with Crippen molar-refractivity contribution in [3.63, 3.8) is 0 Å². The zero-order valence-electron chi connectivity index (χ0n) is 13.2. The molecule has 0 aromatic heterocycles. The first-order valence-electron chi connectivity index (χ1n) is 7.10. The lowest BCUT2D eigenvalue weighted by atomic mass is 10.2. The molecule has 0 spiro atoms. The normalized spacial score (nSPS) is 11.5. The number of nitro groups is 1. The summed E-state index contributed by atoms with van der Waals surface area (Å²) in [5.41, 5.74) is -0.269. The highest BCUT2D eigenvalue weighted by molar-refractivity contribution is 6.34. The first kappa shape index (κ1) is 19.6. The minimum Gasteiger partial charge on any atom is -0.449 e. The highest BCUT2D eigenvalue weighted by Crippen LogP contribution is 2.25. The van der Waals surface area contributed by atoms with Gasteiger partial charge in [0.25, 0.3) is 11.6 Å². The van der Waals surface area contributed by atoms with Crippen molar-refractivity contribution >= 4 is 46.5 Å². The first-order chi connectivity index (χ1) is 12.2. The van der Waals surface area contributed by atoms with Gasteiger partial charge >= 0.3 is 5.97 Å². The molecule has 0 heterocycles. The number of halogens is 3. The molecule has 0 aliphatic heterocycles. The van der Waals surface area contributed by atoms with Gasteiger partial charge in [0.2, 0.25) is 0 Å². The Morgan fingerprint density at radius 3 is 2.46 bits per heavy atom. The van der Waals surface area contributed by atoms with Crippen LogP contribution in [0.5, 0.6) is 0 Å². The maximum Gasteiger partial charge on any atom is 0.340 e. The third kappa shape index (κ3) is 4.68. The van der Waals surface area contributed by atoms with Crippen LogP contribution in [0, 0.1) is 15.9 Å². The predicted molar refractivity (Wildman–Crippen MR) is 93.0 cm³/mol. The van der Waals surface area contributed by atoms with Gasteiger partial charge in [0.1, 0.15) is 5.82 Å². The number of esters is 1. The maximum atomic E-state index is 13.0. The average molecular weight is 401 g/mol. The van der Waals surface area contributed by atoms with E-state index < -0.39 is 28.7 Å². The van der Waals surface area contributed by atoms with Gasteiger partial charge in [-0.15, -0.1) is 0 Å². The van der Waals surface area contributed by atoms with Gasteiger partial charge in [0, 0.05) is 12.1 Å². The number of anilines is 1. The van der Waals surface area contributed by atoms with Gasteiger partial charge in [-0.05, 0) is 31.2 Å². The number of benzene rings is 2. The van der Waals surface area contributed by atoms with Gasteiger partial charge < -0.3 is 10.1 Å². The summed E-state index contributed by atoms with van der Waals surface area (Å²) in [6, 6.07) is 6.60. The lowest BCUT2D eigenvalue weighted by molar-refractivity contribution is -0.384. The molecule has 0 saturated heterocycles. The number of nitro benzene ring substituents is 1. The van der Waals surface area contributed by atoms with E-state index in [0.717, 1.165) is 30.3 Å². The van der Waals surface area contributed by atoms with Gasteiger partial charge in [0.05, 0.1) is 26.2 Å². The number of hydrogen-bond donors (Lipinski definition) is 1. The molecule has 10 heteroatoms. The van der Waals surface area contributed by atoms with E-state index in [1.807, 2.05) is 0 Å². The van der Waals surface area contributed by atoms with Crippen LogP contribution in [-0.2, 0) is 9.53 Å². The van der Waals surface area contributed by atoms with Crippen LogP contribution in [0.1, 0.15) is 17.3 Å². The first-order valence-corrected chi connectivity index (χ1v) is 7.85. The lowest BCUT2D eigenvalue weighted by Crippen LogP contribution is -2.30. The largest absolute Gasteiger partial charge is 0.449 e. The van der Waals surface area contributed by atoms with Crippen molar-refractivity contribution in [1.29, 1.82) is 0 Å². The predicted octanol–water partition coefficient (Wildman–Crippen LogP) is 4.22. The number of nitrogens with one attached hydrogen (secondary N) is 1. The molecule has 0 radical (unpaired) electrons. The van der Waals surface area contributed by atoms with Crippen molar-refractivity contribution in [3.05, 3.63) is 67.9 Å².